The maximum atomic E-state index is 6.70. The van der Waals surface area contributed by atoms with E-state index in [1.165, 1.54) is 29.3 Å². The summed E-state index contributed by atoms with van der Waals surface area (Å²) in [4.78, 5) is 0. The molecule has 0 N–H and O–H groups in total. The summed E-state index contributed by atoms with van der Waals surface area (Å²) in [7, 11) is -1.68. The van der Waals surface area contributed by atoms with Gasteiger partial charge in [-0.1, -0.05) is 61.3 Å². The zero-order valence-corrected chi connectivity index (χ0v) is 16.0. The molecule has 20 heavy (non-hydrogen) atoms. The fourth-order valence-electron chi connectivity index (χ4n) is 2.75. The molecule has 1 saturated carbocycles. The molecular weight excluding hydrogens is 328 g/mol. The highest BCUT2D eigenvalue weighted by Gasteiger charge is 2.42. The highest BCUT2D eigenvalue weighted by atomic mass is 79.9. The minimum atomic E-state index is -1.68. The lowest BCUT2D eigenvalue weighted by atomic mass is 9.96. The first-order valence-electron chi connectivity index (χ1n) is 7.64. The molecule has 0 aliphatic heterocycles. The van der Waals surface area contributed by atoms with Crippen LogP contribution in [0.3, 0.4) is 0 Å². The van der Waals surface area contributed by atoms with Crippen LogP contribution in [0, 0.1) is 0 Å². The van der Waals surface area contributed by atoms with Crippen molar-refractivity contribution >= 4 is 24.2 Å². The van der Waals surface area contributed by atoms with E-state index in [4.69, 9.17) is 4.43 Å². The molecule has 1 fully saturated rings. The Morgan fingerprint density at radius 3 is 2.40 bits per heavy atom. The van der Waals surface area contributed by atoms with Crippen LogP contribution in [0.25, 0.3) is 0 Å². The van der Waals surface area contributed by atoms with E-state index in [9.17, 15) is 0 Å². The van der Waals surface area contributed by atoms with Gasteiger partial charge in [0.15, 0.2) is 8.32 Å². The Bertz CT molecular complexity index is 464. The number of hydrogen-bond acceptors (Lipinski definition) is 1. The fraction of sp³-hybridized carbons (Fsp3) is 0.647. The van der Waals surface area contributed by atoms with E-state index in [0.29, 0.717) is 12.0 Å². The van der Waals surface area contributed by atoms with Gasteiger partial charge < -0.3 is 4.43 Å². The topological polar surface area (TPSA) is 9.23 Å². The van der Waals surface area contributed by atoms with Gasteiger partial charge in [0.1, 0.15) is 0 Å². The molecule has 2 rings (SSSR count). The third-order valence-electron chi connectivity index (χ3n) is 5.01. The van der Waals surface area contributed by atoms with Crippen LogP contribution in [0.1, 0.15) is 51.5 Å². The summed E-state index contributed by atoms with van der Waals surface area (Å²) in [5, 5.41) is 0.286. The summed E-state index contributed by atoms with van der Waals surface area (Å²) in [6.45, 7) is 11.7. The van der Waals surface area contributed by atoms with Crippen LogP contribution in [0.2, 0.25) is 18.1 Å². The molecule has 0 bridgehead atoms. The second kappa shape index (κ2) is 5.94. The van der Waals surface area contributed by atoms with Crippen LogP contribution in [0.15, 0.2) is 28.7 Å². The van der Waals surface area contributed by atoms with E-state index in [0.717, 1.165) is 0 Å². The van der Waals surface area contributed by atoms with Crippen molar-refractivity contribution in [3.05, 3.63) is 34.3 Å². The summed E-state index contributed by atoms with van der Waals surface area (Å²) in [6.07, 6.45) is 4.14. The van der Waals surface area contributed by atoms with Crippen molar-refractivity contribution < 1.29 is 4.43 Å². The Hall–Kier alpha value is -0.123. The smallest absolute Gasteiger partial charge is 0.192 e. The summed E-state index contributed by atoms with van der Waals surface area (Å²) in [5.41, 5.74) is 1.42. The van der Waals surface area contributed by atoms with Crippen molar-refractivity contribution in [1.82, 2.24) is 0 Å². The predicted octanol–water partition coefficient (Wildman–Crippen LogP) is 6.11. The molecule has 0 spiro atoms. The van der Waals surface area contributed by atoms with Crippen LogP contribution in [0.4, 0.5) is 0 Å². The number of benzene rings is 1. The van der Waals surface area contributed by atoms with Gasteiger partial charge in [-0.2, -0.15) is 0 Å². The van der Waals surface area contributed by atoms with Crippen LogP contribution in [0.5, 0.6) is 0 Å². The summed E-state index contributed by atoms with van der Waals surface area (Å²) in [6, 6.07) is 8.63. The van der Waals surface area contributed by atoms with E-state index in [-0.39, 0.29) is 5.04 Å². The van der Waals surface area contributed by atoms with Gasteiger partial charge in [0.2, 0.25) is 0 Å². The van der Waals surface area contributed by atoms with Crippen molar-refractivity contribution in [2.75, 3.05) is 0 Å². The third kappa shape index (κ3) is 3.37. The van der Waals surface area contributed by atoms with Gasteiger partial charge in [-0.05, 0) is 42.6 Å². The average molecular weight is 355 g/mol. The van der Waals surface area contributed by atoms with E-state index in [1.54, 1.807) is 0 Å². The van der Waals surface area contributed by atoms with Crippen molar-refractivity contribution in [1.29, 1.82) is 0 Å². The Kier molecular flexibility index (Phi) is 4.82. The van der Waals surface area contributed by atoms with Gasteiger partial charge in [-0.15, -0.1) is 0 Å². The van der Waals surface area contributed by atoms with Gasteiger partial charge in [0, 0.05) is 10.4 Å². The van der Waals surface area contributed by atoms with Crippen LogP contribution in [-0.4, -0.2) is 14.4 Å². The third-order valence-corrected chi connectivity index (χ3v) is 10.2. The molecular formula is C17H27BrOSi. The predicted molar refractivity (Wildman–Crippen MR) is 92.8 cm³/mol. The molecule has 3 heteroatoms. The standard InChI is InChI=1S/C17H27BrOSi/c1-17(2,3)20(4,5)19-16-12-8-10-14(16)13-9-6-7-11-15(13)18/h6-7,9,11,14,16H,8,10,12H2,1-5H3/t14?,16-/m0/s1. The van der Waals surface area contributed by atoms with Gasteiger partial charge >= 0.3 is 0 Å². The van der Waals surface area contributed by atoms with Gasteiger partial charge in [-0.3, -0.25) is 0 Å². The lowest BCUT2D eigenvalue weighted by Gasteiger charge is -2.40. The molecule has 0 amide bonds. The van der Waals surface area contributed by atoms with Crippen molar-refractivity contribution in [3.63, 3.8) is 0 Å². The molecule has 1 nitrogen and oxygen atoms in total. The molecule has 1 aromatic carbocycles. The van der Waals surface area contributed by atoms with E-state index >= 15 is 0 Å². The van der Waals surface area contributed by atoms with Crippen LogP contribution >= 0.6 is 15.9 Å². The first-order chi connectivity index (χ1) is 9.22. The number of rotatable bonds is 3. The highest BCUT2D eigenvalue weighted by molar-refractivity contribution is 9.10. The molecule has 0 heterocycles. The average Bonchev–Trinajstić information content (AvgIpc) is 2.75. The maximum absolute atomic E-state index is 6.70. The van der Waals surface area contributed by atoms with E-state index < -0.39 is 8.32 Å². The van der Waals surface area contributed by atoms with Gasteiger partial charge in [0.25, 0.3) is 0 Å². The zero-order valence-electron chi connectivity index (χ0n) is 13.4. The first-order valence-corrected chi connectivity index (χ1v) is 11.3. The largest absolute Gasteiger partial charge is 0.413 e. The molecule has 1 aliphatic carbocycles. The first kappa shape index (κ1) is 16.3. The molecule has 112 valence electrons. The fourth-order valence-corrected chi connectivity index (χ4v) is 4.73. The molecule has 1 unspecified atom stereocenters. The minimum Gasteiger partial charge on any atom is -0.413 e. The second-order valence-corrected chi connectivity index (χ2v) is 13.1. The monoisotopic (exact) mass is 354 g/mol. The summed E-state index contributed by atoms with van der Waals surface area (Å²) >= 11 is 3.71. The van der Waals surface area contributed by atoms with Gasteiger partial charge in [-0.25, -0.2) is 0 Å². The lowest BCUT2D eigenvalue weighted by molar-refractivity contribution is 0.170. The Balaban J connectivity index is 2.19. The van der Waals surface area contributed by atoms with Crippen LogP contribution in [-0.2, 0) is 4.43 Å². The Morgan fingerprint density at radius 2 is 1.80 bits per heavy atom. The lowest BCUT2D eigenvalue weighted by Crippen LogP contribution is -2.44. The van der Waals surface area contributed by atoms with Gasteiger partial charge in [0.05, 0.1) is 6.10 Å². The number of halogens is 1. The van der Waals surface area contributed by atoms with E-state index in [2.05, 4.69) is 74.1 Å². The Morgan fingerprint density at radius 1 is 1.15 bits per heavy atom. The summed E-state index contributed by atoms with van der Waals surface area (Å²) in [5.74, 6) is 0.555. The maximum Gasteiger partial charge on any atom is 0.192 e. The molecule has 0 saturated heterocycles. The van der Waals surface area contributed by atoms with Crippen molar-refractivity contribution in [2.45, 2.75) is 70.2 Å². The minimum absolute atomic E-state index is 0.286. The zero-order chi connectivity index (χ0) is 15.0. The molecule has 1 aliphatic rings. The summed E-state index contributed by atoms with van der Waals surface area (Å²) < 4.78 is 7.94. The van der Waals surface area contributed by atoms with E-state index in [1.807, 2.05) is 0 Å². The highest BCUT2D eigenvalue weighted by Crippen LogP contribution is 2.44. The SMILES string of the molecule is CC(C)(C)[Si](C)(C)O[C@H]1CCCC1c1ccccc1Br. The molecule has 0 radical (unpaired) electrons. The van der Waals surface area contributed by atoms with Crippen molar-refractivity contribution in [2.24, 2.45) is 0 Å². The Labute approximate surface area is 133 Å². The normalized spacial score (nSPS) is 24.1. The molecule has 0 aromatic heterocycles. The molecule has 1 aromatic rings. The second-order valence-electron chi connectivity index (χ2n) is 7.48. The van der Waals surface area contributed by atoms with Crippen molar-refractivity contribution in [3.8, 4) is 0 Å². The molecule has 2 atom stereocenters. The van der Waals surface area contributed by atoms with Crippen LogP contribution < -0.4 is 0 Å². The quantitative estimate of drug-likeness (QED) is 0.595. The number of hydrogen-bond donors (Lipinski definition) is 0.